The Balaban J connectivity index is 0.000000188. The zero-order chi connectivity index (χ0) is 34.4. The van der Waals surface area contributed by atoms with E-state index in [0.29, 0.717) is 32.6 Å². The van der Waals surface area contributed by atoms with Crippen LogP contribution >= 0.6 is 50.7 Å². The average molecular weight is 773 g/mol. The molecule has 48 heavy (non-hydrogen) atoms. The number of halogens is 4. The number of hydrogen-bond acceptors (Lipinski definition) is 5. The van der Waals surface area contributed by atoms with Crippen molar-refractivity contribution >= 4 is 73.9 Å². The number of carbonyl (C=O) groups is 2. The molecular weight excluding hydrogens is 735 g/mol. The fourth-order valence-corrected chi connectivity index (χ4v) is 7.20. The minimum Gasteiger partial charge on any atom is -0.489 e. The molecule has 2 aliphatic heterocycles. The van der Waals surface area contributed by atoms with Gasteiger partial charge in [0.15, 0.2) is 0 Å². The number of aryl methyl sites for hydroxylation is 1. The standard InChI is InChI=1S/C19H20Cl2N2O2.C18H18BrClN2O/c1-11(2)25-18-4-3-12(8-17(18)21)19(24)23-14-7-13-10-22-6-5-15(13)16(20)9-14;1-2-11-3-4-12(8-16(11)19)18(23)22-14-7-13-10-21-6-5-15(13)17(20)9-14/h3-4,7-9,11,22H,5-6,10H2,1-2H3,(H,23,24);3-4,7-9,21H,2,5-6,10H2,1H3,(H,22,23). The van der Waals surface area contributed by atoms with Crippen molar-refractivity contribution in [1.82, 2.24) is 10.6 Å². The van der Waals surface area contributed by atoms with Crippen LogP contribution in [0.5, 0.6) is 5.75 Å². The Morgan fingerprint density at radius 1 is 0.771 bits per heavy atom. The largest absolute Gasteiger partial charge is 0.489 e. The van der Waals surface area contributed by atoms with Crippen LogP contribution in [0.15, 0.2) is 65.1 Å². The SMILES string of the molecule is CC(C)Oc1ccc(C(=O)Nc2cc(Cl)c3c(c2)CNCC3)cc1Cl.CCc1ccc(C(=O)Nc2cc(Cl)c3c(c2)CNCC3)cc1Br. The monoisotopic (exact) mass is 770 g/mol. The van der Waals surface area contributed by atoms with Crippen molar-refractivity contribution in [2.75, 3.05) is 23.7 Å². The van der Waals surface area contributed by atoms with E-state index in [1.165, 1.54) is 11.1 Å². The van der Waals surface area contributed by atoms with Crippen LogP contribution in [0.3, 0.4) is 0 Å². The molecule has 0 aliphatic carbocycles. The van der Waals surface area contributed by atoms with Gasteiger partial charge in [-0.2, -0.15) is 0 Å². The molecule has 0 saturated heterocycles. The van der Waals surface area contributed by atoms with Crippen molar-refractivity contribution in [2.45, 2.75) is 59.2 Å². The van der Waals surface area contributed by atoms with E-state index >= 15 is 0 Å². The van der Waals surface area contributed by atoms with E-state index < -0.39 is 0 Å². The molecule has 0 spiro atoms. The van der Waals surface area contributed by atoms with Crippen molar-refractivity contribution < 1.29 is 14.3 Å². The highest BCUT2D eigenvalue weighted by atomic mass is 79.9. The summed E-state index contributed by atoms with van der Waals surface area (Å²) >= 11 is 22.4. The summed E-state index contributed by atoms with van der Waals surface area (Å²) in [7, 11) is 0. The third kappa shape index (κ3) is 9.11. The van der Waals surface area contributed by atoms with Gasteiger partial charge in [-0.1, -0.05) is 63.7 Å². The lowest BCUT2D eigenvalue weighted by Crippen LogP contribution is -2.24. The number of carbonyl (C=O) groups excluding carboxylic acids is 2. The van der Waals surface area contributed by atoms with Gasteiger partial charge < -0.3 is 26.0 Å². The summed E-state index contributed by atoms with van der Waals surface area (Å²) in [5.41, 5.74) is 8.29. The molecule has 7 nitrogen and oxygen atoms in total. The second-order valence-electron chi connectivity index (χ2n) is 11.9. The number of fused-ring (bicyclic) bond motifs is 2. The summed E-state index contributed by atoms with van der Waals surface area (Å²) < 4.78 is 6.55. The molecule has 0 bridgehead atoms. The number of ether oxygens (including phenoxy) is 1. The molecule has 0 saturated carbocycles. The van der Waals surface area contributed by atoms with Crippen LogP contribution in [-0.2, 0) is 32.4 Å². The van der Waals surface area contributed by atoms with Crippen molar-refractivity contribution in [3.63, 3.8) is 0 Å². The number of anilines is 2. The Morgan fingerprint density at radius 3 is 1.77 bits per heavy atom. The maximum Gasteiger partial charge on any atom is 0.255 e. The minimum absolute atomic E-state index is 0.0171. The van der Waals surface area contributed by atoms with Gasteiger partial charge in [0.1, 0.15) is 5.75 Å². The van der Waals surface area contributed by atoms with E-state index in [-0.39, 0.29) is 17.9 Å². The van der Waals surface area contributed by atoms with Gasteiger partial charge in [0.05, 0.1) is 11.1 Å². The number of hydrogen-bond donors (Lipinski definition) is 4. The maximum atomic E-state index is 12.5. The van der Waals surface area contributed by atoms with Crippen LogP contribution < -0.4 is 26.0 Å². The van der Waals surface area contributed by atoms with Gasteiger partial charge in [0.2, 0.25) is 0 Å². The summed E-state index contributed by atoms with van der Waals surface area (Å²) in [6.45, 7) is 9.33. The quantitative estimate of drug-likeness (QED) is 0.150. The second-order valence-corrected chi connectivity index (χ2v) is 14.0. The molecule has 0 unspecified atom stereocenters. The molecule has 252 valence electrons. The van der Waals surface area contributed by atoms with E-state index in [9.17, 15) is 9.59 Å². The van der Waals surface area contributed by atoms with Crippen LogP contribution in [0.1, 0.15) is 69.3 Å². The number of nitrogens with one attached hydrogen (secondary N) is 4. The Bertz CT molecular complexity index is 1830. The van der Waals surface area contributed by atoms with Gasteiger partial charge in [0.25, 0.3) is 11.8 Å². The molecule has 2 aliphatic rings. The van der Waals surface area contributed by atoms with Crippen LogP contribution in [0.25, 0.3) is 0 Å². The molecule has 2 heterocycles. The van der Waals surface area contributed by atoms with Crippen molar-refractivity contribution in [3.05, 3.63) is 119 Å². The molecule has 6 rings (SSSR count). The van der Waals surface area contributed by atoms with Gasteiger partial charge in [-0.25, -0.2) is 0 Å². The van der Waals surface area contributed by atoms with Crippen LogP contribution in [-0.4, -0.2) is 31.0 Å². The third-order valence-corrected chi connectivity index (χ3v) is 9.79. The first-order valence-electron chi connectivity index (χ1n) is 15.9. The lowest BCUT2D eigenvalue weighted by atomic mass is 10.00. The van der Waals surface area contributed by atoms with E-state index in [0.717, 1.165) is 77.3 Å². The summed E-state index contributed by atoms with van der Waals surface area (Å²) in [5.74, 6) is 0.196. The molecule has 4 N–H and O–H groups in total. The van der Waals surface area contributed by atoms with E-state index in [4.69, 9.17) is 39.5 Å². The second kappa shape index (κ2) is 16.5. The van der Waals surface area contributed by atoms with E-state index in [2.05, 4.69) is 44.1 Å². The third-order valence-electron chi connectivity index (χ3n) is 8.08. The molecule has 0 atom stereocenters. The average Bonchev–Trinajstić information content (AvgIpc) is 3.06. The molecule has 11 heteroatoms. The number of amides is 2. The Hall–Kier alpha value is -3.11. The minimum atomic E-state index is -0.238. The van der Waals surface area contributed by atoms with Crippen molar-refractivity contribution in [1.29, 1.82) is 0 Å². The summed E-state index contributed by atoms with van der Waals surface area (Å²) in [4.78, 5) is 25.0. The van der Waals surface area contributed by atoms with Gasteiger partial charge in [-0.15, -0.1) is 0 Å². The highest BCUT2D eigenvalue weighted by Gasteiger charge is 2.17. The van der Waals surface area contributed by atoms with Gasteiger partial charge in [-0.05, 0) is 129 Å². The van der Waals surface area contributed by atoms with Crippen molar-refractivity contribution in [2.24, 2.45) is 0 Å². The summed E-state index contributed by atoms with van der Waals surface area (Å²) in [6.07, 6.45) is 2.77. The summed E-state index contributed by atoms with van der Waals surface area (Å²) in [6, 6.07) is 18.3. The highest BCUT2D eigenvalue weighted by Crippen LogP contribution is 2.31. The van der Waals surface area contributed by atoms with Gasteiger partial charge >= 0.3 is 0 Å². The molecule has 0 fully saturated rings. The van der Waals surface area contributed by atoms with Crippen molar-refractivity contribution in [3.8, 4) is 5.75 Å². The zero-order valence-corrected chi connectivity index (χ0v) is 30.9. The molecular formula is C37H38BrCl3N4O3. The lowest BCUT2D eigenvalue weighted by Gasteiger charge is -2.20. The molecule has 4 aromatic rings. The van der Waals surface area contributed by atoms with E-state index in [1.54, 1.807) is 24.3 Å². The molecule has 0 aromatic heterocycles. The fraction of sp³-hybridized carbons (Fsp3) is 0.297. The number of benzene rings is 4. The molecule has 2 amide bonds. The lowest BCUT2D eigenvalue weighted by molar-refractivity contribution is 0.101. The Kier molecular flexibility index (Phi) is 12.5. The van der Waals surface area contributed by atoms with Crippen LogP contribution in [0.2, 0.25) is 15.1 Å². The topological polar surface area (TPSA) is 91.5 Å². The smallest absolute Gasteiger partial charge is 0.255 e. The predicted octanol–water partition coefficient (Wildman–Crippen LogP) is 9.24. The van der Waals surface area contributed by atoms with Crippen LogP contribution in [0, 0.1) is 0 Å². The zero-order valence-electron chi connectivity index (χ0n) is 27.0. The van der Waals surface area contributed by atoms with Gasteiger partial charge in [0, 0.05) is 50.1 Å². The first-order valence-corrected chi connectivity index (χ1v) is 17.9. The summed E-state index contributed by atoms with van der Waals surface area (Å²) in [5, 5.41) is 14.3. The molecule has 4 aromatic carbocycles. The maximum absolute atomic E-state index is 12.5. The Morgan fingerprint density at radius 2 is 1.29 bits per heavy atom. The van der Waals surface area contributed by atoms with E-state index in [1.807, 2.05) is 50.2 Å². The Labute approximate surface area is 305 Å². The first-order chi connectivity index (χ1) is 23.0. The van der Waals surface area contributed by atoms with Gasteiger partial charge in [-0.3, -0.25) is 9.59 Å². The number of rotatable bonds is 7. The molecule has 0 radical (unpaired) electrons. The highest BCUT2D eigenvalue weighted by molar-refractivity contribution is 9.10. The first kappa shape index (κ1) is 36.2. The predicted molar refractivity (Wildman–Crippen MR) is 200 cm³/mol. The fourth-order valence-electron chi connectivity index (χ4n) is 5.65. The normalized spacial score (nSPS) is 13.5. The van der Waals surface area contributed by atoms with Crippen LogP contribution in [0.4, 0.5) is 11.4 Å².